The van der Waals surface area contributed by atoms with Crippen molar-refractivity contribution in [2.75, 3.05) is 30.5 Å². The standard InChI is InChI=1S/C9H15Cl2NO3S2/c10-3-8(11)5-15-9(16)12-4-7-1-2-17(13,14)6-7/h7-8H,1-6H2,(H,12,16)/t7-,8-/m1/s1. The van der Waals surface area contributed by atoms with Crippen molar-refractivity contribution >= 4 is 50.4 Å². The van der Waals surface area contributed by atoms with Crippen molar-refractivity contribution in [1.29, 1.82) is 0 Å². The lowest BCUT2D eigenvalue weighted by molar-refractivity contribution is 0.299. The zero-order chi connectivity index (χ0) is 12.9. The van der Waals surface area contributed by atoms with Crippen LogP contribution in [0.1, 0.15) is 6.42 Å². The number of alkyl halides is 2. The van der Waals surface area contributed by atoms with Crippen LogP contribution in [-0.2, 0) is 14.6 Å². The quantitative estimate of drug-likeness (QED) is 0.608. The fourth-order valence-corrected chi connectivity index (χ4v) is 3.69. The van der Waals surface area contributed by atoms with E-state index in [-0.39, 0.29) is 34.6 Å². The third-order valence-electron chi connectivity index (χ3n) is 2.42. The number of hydrogen-bond acceptors (Lipinski definition) is 4. The lowest BCUT2D eigenvalue weighted by Crippen LogP contribution is -2.31. The second-order valence-corrected chi connectivity index (χ2v) is 7.53. The SMILES string of the molecule is O=S1(=O)CC[C@H](CNC(=S)OC[C@H](Cl)CCl)C1. The highest BCUT2D eigenvalue weighted by atomic mass is 35.5. The topological polar surface area (TPSA) is 55.4 Å². The lowest BCUT2D eigenvalue weighted by atomic mass is 10.1. The molecule has 2 atom stereocenters. The van der Waals surface area contributed by atoms with Crippen molar-refractivity contribution in [3.8, 4) is 0 Å². The Morgan fingerprint density at radius 3 is 2.82 bits per heavy atom. The fraction of sp³-hybridized carbons (Fsp3) is 0.889. The first-order chi connectivity index (χ1) is 7.93. The molecule has 0 aromatic rings. The van der Waals surface area contributed by atoms with Gasteiger partial charge in [0, 0.05) is 12.4 Å². The van der Waals surface area contributed by atoms with Gasteiger partial charge in [-0.15, -0.1) is 23.2 Å². The lowest BCUT2D eigenvalue weighted by Gasteiger charge is -2.13. The molecule has 4 nitrogen and oxygen atoms in total. The highest BCUT2D eigenvalue weighted by Crippen LogP contribution is 2.17. The number of hydrogen-bond donors (Lipinski definition) is 1. The van der Waals surface area contributed by atoms with Gasteiger partial charge in [-0.05, 0) is 24.6 Å². The van der Waals surface area contributed by atoms with Gasteiger partial charge in [-0.1, -0.05) is 0 Å². The molecule has 0 radical (unpaired) electrons. The Morgan fingerprint density at radius 1 is 1.59 bits per heavy atom. The molecule has 1 N–H and O–H groups in total. The molecular weight excluding hydrogens is 305 g/mol. The molecule has 8 heteroatoms. The molecule has 1 aliphatic heterocycles. The van der Waals surface area contributed by atoms with Gasteiger partial charge in [0.2, 0.25) is 0 Å². The highest BCUT2D eigenvalue weighted by molar-refractivity contribution is 7.91. The molecule has 1 rings (SSSR count). The Bertz CT molecular complexity index is 361. The Labute approximate surface area is 117 Å². The summed E-state index contributed by atoms with van der Waals surface area (Å²) in [5.41, 5.74) is 0. The van der Waals surface area contributed by atoms with Gasteiger partial charge >= 0.3 is 0 Å². The number of nitrogens with one attached hydrogen (secondary N) is 1. The van der Waals surface area contributed by atoms with Crippen molar-refractivity contribution in [2.24, 2.45) is 5.92 Å². The Morgan fingerprint density at radius 2 is 2.29 bits per heavy atom. The number of thiocarbonyl (C=S) groups is 1. The van der Waals surface area contributed by atoms with Crippen molar-refractivity contribution in [3.05, 3.63) is 0 Å². The van der Waals surface area contributed by atoms with Crippen LogP contribution in [0.25, 0.3) is 0 Å². The minimum atomic E-state index is -2.84. The molecule has 0 aromatic carbocycles. The van der Waals surface area contributed by atoms with Gasteiger partial charge in [0.05, 0.1) is 16.9 Å². The van der Waals surface area contributed by atoms with Gasteiger partial charge in [0.1, 0.15) is 6.61 Å². The molecule has 0 aromatic heterocycles. The van der Waals surface area contributed by atoms with E-state index in [1.807, 2.05) is 0 Å². The maximum atomic E-state index is 11.2. The zero-order valence-corrected chi connectivity index (χ0v) is 12.3. The zero-order valence-electron chi connectivity index (χ0n) is 9.19. The molecular formula is C9H15Cl2NO3S2. The van der Waals surface area contributed by atoms with E-state index in [0.717, 1.165) is 0 Å². The van der Waals surface area contributed by atoms with Crippen molar-refractivity contribution in [2.45, 2.75) is 11.8 Å². The summed E-state index contributed by atoms with van der Waals surface area (Å²) in [4.78, 5) is 0. The smallest absolute Gasteiger partial charge is 0.256 e. The third kappa shape index (κ3) is 6.08. The van der Waals surface area contributed by atoms with Gasteiger partial charge in [0.15, 0.2) is 9.84 Å². The molecule has 1 heterocycles. The van der Waals surface area contributed by atoms with Gasteiger partial charge in [0.25, 0.3) is 5.17 Å². The van der Waals surface area contributed by atoms with Crippen molar-refractivity contribution < 1.29 is 13.2 Å². The summed E-state index contributed by atoms with van der Waals surface area (Å²) in [5.74, 6) is 0.901. The Balaban J connectivity index is 2.16. The Hall–Kier alpha value is 0.220. The molecule has 17 heavy (non-hydrogen) atoms. The van der Waals surface area contributed by atoms with E-state index in [4.69, 9.17) is 40.2 Å². The maximum absolute atomic E-state index is 11.2. The predicted molar refractivity (Wildman–Crippen MR) is 73.7 cm³/mol. The van der Waals surface area contributed by atoms with Gasteiger partial charge in [-0.25, -0.2) is 8.42 Å². The van der Waals surface area contributed by atoms with Crippen molar-refractivity contribution in [1.82, 2.24) is 5.32 Å². The highest BCUT2D eigenvalue weighted by Gasteiger charge is 2.27. The first-order valence-electron chi connectivity index (χ1n) is 5.24. The van der Waals surface area contributed by atoms with Crippen LogP contribution in [0.2, 0.25) is 0 Å². The molecule has 1 fully saturated rings. The minimum absolute atomic E-state index is 0.112. The summed E-state index contributed by atoms with van der Waals surface area (Å²) in [7, 11) is -2.84. The fourth-order valence-electron chi connectivity index (χ4n) is 1.52. The average molecular weight is 320 g/mol. The van der Waals surface area contributed by atoms with E-state index in [9.17, 15) is 8.42 Å². The summed E-state index contributed by atoms with van der Waals surface area (Å²) in [6.07, 6.45) is 0.678. The Kier molecular flexibility index (Phi) is 6.26. The molecule has 1 aliphatic rings. The van der Waals surface area contributed by atoms with Crippen LogP contribution < -0.4 is 5.32 Å². The van der Waals surface area contributed by atoms with Crippen molar-refractivity contribution in [3.63, 3.8) is 0 Å². The number of sulfone groups is 1. The number of rotatable bonds is 5. The minimum Gasteiger partial charge on any atom is -0.469 e. The van der Waals surface area contributed by atoms with E-state index in [1.165, 1.54) is 0 Å². The monoisotopic (exact) mass is 319 g/mol. The molecule has 100 valence electrons. The number of ether oxygens (including phenoxy) is 1. The summed E-state index contributed by atoms with van der Waals surface area (Å²) in [5, 5.41) is 2.85. The summed E-state index contributed by atoms with van der Waals surface area (Å²) >= 11 is 16.2. The average Bonchev–Trinajstić information content (AvgIpc) is 2.63. The first-order valence-corrected chi connectivity index (χ1v) is 8.44. The second kappa shape index (κ2) is 6.97. The number of halogens is 2. The molecule has 0 unspecified atom stereocenters. The molecule has 0 amide bonds. The van der Waals surface area contributed by atoms with Crippen LogP contribution in [-0.4, -0.2) is 49.5 Å². The predicted octanol–water partition coefficient (Wildman–Crippen LogP) is 1.16. The largest absolute Gasteiger partial charge is 0.469 e. The van der Waals surface area contributed by atoms with Crippen LogP contribution in [0.15, 0.2) is 0 Å². The van der Waals surface area contributed by atoms with E-state index in [1.54, 1.807) is 0 Å². The normalized spacial score (nSPS) is 24.2. The summed E-state index contributed by atoms with van der Waals surface area (Å²) < 4.78 is 27.6. The summed E-state index contributed by atoms with van der Waals surface area (Å²) in [6, 6.07) is 0. The van der Waals surface area contributed by atoms with Crippen LogP contribution in [0.5, 0.6) is 0 Å². The van der Waals surface area contributed by atoms with E-state index < -0.39 is 9.84 Å². The molecule has 0 bridgehead atoms. The van der Waals surface area contributed by atoms with E-state index >= 15 is 0 Å². The molecule has 0 saturated carbocycles. The van der Waals surface area contributed by atoms with Gasteiger partial charge in [-0.3, -0.25) is 0 Å². The van der Waals surface area contributed by atoms with Crippen LogP contribution in [0.3, 0.4) is 0 Å². The summed E-state index contributed by atoms with van der Waals surface area (Å²) in [6.45, 7) is 0.770. The first kappa shape index (κ1) is 15.3. The third-order valence-corrected chi connectivity index (χ3v) is 5.33. The second-order valence-electron chi connectivity index (χ2n) is 4.00. The van der Waals surface area contributed by atoms with Gasteiger partial charge < -0.3 is 10.1 Å². The maximum Gasteiger partial charge on any atom is 0.256 e. The van der Waals surface area contributed by atoms with E-state index in [2.05, 4.69) is 5.32 Å². The molecule has 0 aliphatic carbocycles. The van der Waals surface area contributed by atoms with E-state index in [0.29, 0.717) is 18.8 Å². The van der Waals surface area contributed by atoms with Crippen LogP contribution in [0.4, 0.5) is 0 Å². The molecule has 1 saturated heterocycles. The van der Waals surface area contributed by atoms with Crippen LogP contribution in [0, 0.1) is 5.92 Å². The molecule has 0 spiro atoms. The van der Waals surface area contributed by atoms with Crippen LogP contribution >= 0.6 is 35.4 Å². The van der Waals surface area contributed by atoms with Gasteiger partial charge in [-0.2, -0.15) is 0 Å².